The number of azo groups is 1. The minimum atomic E-state index is -0.334. The first-order valence-corrected chi connectivity index (χ1v) is 18.1. The zero-order valence-corrected chi connectivity index (χ0v) is 29.1. The van der Waals surface area contributed by atoms with E-state index in [2.05, 4.69) is 23.4 Å². The summed E-state index contributed by atoms with van der Waals surface area (Å²) >= 11 is 0. The maximum atomic E-state index is 11.0. The van der Waals surface area contributed by atoms with Crippen LogP contribution in [0, 0.1) is 0 Å². The molecule has 0 saturated carbocycles. The van der Waals surface area contributed by atoms with Gasteiger partial charge in [0, 0.05) is 12.2 Å². The quantitative estimate of drug-likeness (QED) is 0.0357. The van der Waals surface area contributed by atoms with Crippen LogP contribution in [0.15, 0.2) is 84.1 Å². The van der Waals surface area contributed by atoms with E-state index in [-0.39, 0.29) is 11.9 Å². The van der Waals surface area contributed by atoms with Crippen molar-refractivity contribution in [2.75, 3.05) is 26.4 Å². The molecule has 0 saturated heterocycles. The number of benzene rings is 2. The van der Waals surface area contributed by atoms with Crippen LogP contribution in [0.5, 0.6) is 11.5 Å². The molecule has 48 heavy (non-hydrogen) atoms. The molecular weight excluding hydrogens is 604 g/mol. The summed E-state index contributed by atoms with van der Waals surface area (Å²) in [5.74, 6) is 1.04. The molecule has 0 aromatic heterocycles. The Balaban J connectivity index is 1.43. The SMILES string of the molecule is C=CC(=O)OCCCCCCCCCCCOc1ccc(/N=N/c2ccc(OCCCCCCCCCCCOC(=O)C=C)cc2)cc1. The lowest BCUT2D eigenvalue weighted by molar-refractivity contribution is -0.138. The molecule has 8 heteroatoms. The summed E-state index contributed by atoms with van der Waals surface area (Å²) in [7, 11) is 0. The van der Waals surface area contributed by atoms with E-state index in [0.717, 1.165) is 74.6 Å². The Labute approximate surface area is 289 Å². The normalized spacial score (nSPS) is 10.9. The summed E-state index contributed by atoms with van der Waals surface area (Å²) in [6, 6.07) is 15.5. The number of esters is 2. The van der Waals surface area contributed by atoms with E-state index >= 15 is 0 Å². The predicted octanol–water partition coefficient (Wildman–Crippen LogP) is 11.3. The van der Waals surface area contributed by atoms with Gasteiger partial charge in [0.25, 0.3) is 0 Å². The Morgan fingerprint density at radius 2 is 0.708 bits per heavy atom. The number of nitrogens with zero attached hydrogens (tertiary/aromatic N) is 2. The van der Waals surface area contributed by atoms with Gasteiger partial charge in [-0.25, -0.2) is 9.59 Å². The van der Waals surface area contributed by atoms with E-state index in [9.17, 15) is 9.59 Å². The summed E-state index contributed by atoms with van der Waals surface area (Å²) in [4.78, 5) is 22.0. The summed E-state index contributed by atoms with van der Waals surface area (Å²) in [5, 5.41) is 8.71. The van der Waals surface area contributed by atoms with Gasteiger partial charge in [-0.2, -0.15) is 10.2 Å². The van der Waals surface area contributed by atoms with Gasteiger partial charge in [0.05, 0.1) is 37.8 Å². The lowest BCUT2D eigenvalue weighted by Crippen LogP contribution is -2.01. The first-order chi connectivity index (χ1) is 23.6. The Morgan fingerprint density at radius 1 is 0.438 bits per heavy atom. The maximum Gasteiger partial charge on any atom is 0.330 e. The van der Waals surface area contributed by atoms with E-state index in [1.165, 1.54) is 89.2 Å². The molecule has 0 bridgehead atoms. The number of unbranched alkanes of at least 4 members (excludes halogenated alkanes) is 16. The first-order valence-electron chi connectivity index (χ1n) is 18.1. The topological polar surface area (TPSA) is 95.8 Å². The van der Waals surface area contributed by atoms with Crippen LogP contribution >= 0.6 is 0 Å². The summed E-state index contributed by atoms with van der Waals surface area (Å²) in [5.41, 5.74) is 1.57. The van der Waals surface area contributed by atoms with E-state index < -0.39 is 0 Å². The third-order valence-corrected chi connectivity index (χ3v) is 7.89. The third-order valence-electron chi connectivity index (χ3n) is 7.89. The number of carbonyl (C=O) groups excluding carboxylic acids is 2. The van der Waals surface area contributed by atoms with Crippen molar-refractivity contribution in [1.29, 1.82) is 0 Å². The monoisotopic (exact) mass is 662 g/mol. The van der Waals surface area contributed by atoms with Crippen LogP contribution in [0.25, 0.3) is 0 Å². The Kier molecular flexibility index (Phi) is 23.6. The second-order valence-corrected chi connectivity index (χ2v) is 12.0. The molecule has 0 radical (unpaired) electrons. The standard InChI is InChI=1S/C40H58N2O6/c1-3-39(43)47-33-21-17-13-9-5-7-11-15-19-31-45-37-27-23-35(24-28-37)41-42-36-25-29-38(30-26-36)46-32-20-16-12-8-6-10-14-18-22-34-48-40(44)4-2/h3-4,23-30H,1-2,5-22,31-34H2/b42-41+. The van der Waals surface area contributed by atoms with Crippen molar-refractivity contribution in [3.63, 3.8) is 0 Å². The van der Waals surface area contributed by atoms with Crippen molar-refractivity contribution >= 4 is 23.3 Å². The van der Waals surface area contributed by atoms with Crippen LogP contribution in [0.4, 0.5) is 11.4 Å². The van der Waals surface area contributed by atoms with Gasteiger partial charge in [-0.3, -0.25) is 0 Å². The largest absolute Gasteiger partial charge is 0.494 e. The predicted molar refractivity (Wildman–Crippen MR) is 193 cm³/mol. The number of hydrogen-bond acceptors (Lipinski definition) is 8. The zero-order chi connectivity index (χ0) is 34.3. The van der Waals surface area contributed by atoms with Crippen LogP contribution in [0.2, 0.25) is 0 Å². The lowest BCUT2D eigenvalue weighted by atomic mass is 10.1. The minimum Gasteiger partial charge on any atom is -0.494 e. The molecule has 0 spiro atoms. The van der Waals surface area contributed by atoms with Crippen LogP contribution in [0.3, 0.4) is 0 Å². The van der Waals surface area contributed by atoms with Gasteiger partial charge in [0.1, 0.15) is 11.5 Å². The molecule has 8 nitrogen and oxygen atoms in total. The molecule has 2 aromatic rings. The number of rotatable bonds is 30. The van der Waals surface area contributed by atoms with E-state index in [4.69, 9.17) is 18.9 Å². The third kappa shape index (κ3) is 21.8. The van der Waals surface area contributed by atoms with Crippen LogP contribution in [0.1, 0.15) is 116 Å². The molecule has 0 N–H and O–H groups in total. The van der Waals surface area contributed by atoms with Crippen LogP contribution < -0.4 is 9.47 Å². The molecule has 0 aliphatic carbocycles. The van der Waals surface area contributed by atoms with Gasteiger partial charge in [-0.15, -0.1) is 0 Å². The lowest BCUT2D eigenvalue weighted by Gasteiger charge is -2.07. The summed E-state index contributed by atoms with van der Waals surface area (Å²) in [6.07, 6.45) is 23.3. The second kappa shape index (κ2) is 28.1. The molecule has 2 rings (SSSR count). The Morgan fingerprint density at radius 3 is 1.00 bits per heavy atom. The molecule has 0 atom stereocenters. The van der Waals surface area contributed by atoms with Gasteiger partial charge in [-0.05, 0) is 74.2 Å². The van der Waals surface area contributed by atoms with Crippen molar-refractivity contribution in [1.82, 2.24) is 0 Å². The minimum absolute atomic E-state index is 0.334. The first kappa shape index (κ1) is 40.2. The van der Waals surface area contributed by atoms with E-state index in [1.54, 1.807) is 0 Å². The molecule has 0 heterocycles. The fourth-order valence-electron chi connectivity index (χ4n) is 5.06. The van der Waals surface area contributed by atoms with Crippen molar-refractivity contribution in [2.45, 2.75) is 116 Å². The number of carbonyl (C=O) groups is 2. The highest BCUT2D eigenvalue weighted by atomic mass is 16.5. The number of ether oxygens (including phenoxy) is 4. The van der Waals surface area contributed by atoms with E-state index in [1.807, 2.05) is 48.5 Å². The molecule has 0 aliphatic heterocycles. The molecule has 0 unspecified atom stereocenters. The molecule has 0 aliphatic rings. The molecule has 264 valence electrons. The van der Waals surface area contributed by atoms with Gasteiger partial charge in [0.2, 0.25) is 0 Å². The average molecular weight is 663 g/mol. The molecule has 0 fully saturated rings. The molecular formula is C40H58N2O6. The average Bonchev–Trinajstić information content (AvgIpc) is 3.12. The fourth-order valence-corrected chi connectivity index (χ4v) is 5.06. The molecule has 0 amide bonds. The number of hydrogen-bond donors (Lipinski definition) is 0. The van der Waals surface area contributed by atoms with Gasteiger partial charge in [-0.1, -0.05) is 103 Å². The molecule has 2 aromatic carbocycles. The maximum absolute atomic E-state index is 11.0. The Bertz CT molecular complexity index is 1070. The van der Waals surface area contributed by atoms with Crippen molar-refractivity contribution in [2.24, 2.45) is 10.2 Å². The van der Waals surface area contributed by atoms with Gasteiger partial charge < -0.3 is 18.9 Å². The van der Waals surface area contributed by atoms with Crippen LogP contribution in [-0.2, 0) is 19.1 Å². The van der Waals surface area contributed by atoms with Crippen molar-refractivity contribution < 1.29 is 28.5 Å². The Hall–Kier alpha value is -3.94. The highest BCUT2D eigenvalue weighted by Crippen LogP contribution is 2.23. The summed E-state index contributed by atoms with van der Waals surface area (Å²) < 4.78 is 21.8. The zero-order valence-electron chi connectivity index (χ0n) is 29.1. The summed E-state index contributed by atoms with van der Waals surface area (Å²) in [6.45, 7) is 9.22. The highest BCUT2D eigenvalue weighted by Gasteiger charge is 2.00. The highest BCUT2D eigenvalue weighted by molar-refractivity contribution is 5.81. The van der Waals surface area contributed by atoms with Crippen LogP contribution in [-0.4, -0.2) is 38.4 Å². The van der Waals surface area contributed by atoms with E-state index in [0.29, 0.717) is 13.2 Å². The van der Waals surface area contributed by atoms with Gasteiger partial charge >= 0.3 is 11.9 Å². The van der Waals surface area contributed by atoms with Crippen molar-refractivity contribution in [3.8, 4) is 11.5 Å². The van der Waals surface area contributed by atoms with Crippen molar-refractivity contribution in [3.05, 3.63) is 73.8 Å². The van der Waals surface area contributed by atoms with Gasteiger partial charge in [0.15, 0.2) is 0 Å². The second-order valence-electron chi connectivity index (χ2n) is 12.0. The fraction of sp³-hybridized carbons (Fsp3) is 0.550. The smallest absolute Gasteiger partial charge is 0.330 e.